The Balaban J connectivity index is 2.09. The van der Waals surface area contributed by atoms with Crippen LogP contribution in [0.25, 0.3) is 0 Å². The van der Waals surface area contributed by atoms with Gasteiger partial charge < -0.3 is 0 Å². The molecule has 0 amide bonds. The molecule has 0 aromatic carbocycles. The average molecular weight is 152 g/mol. The summed E-state index contributed by atoms with van der Waals surface area (Å²) in [6.45, 7) is 4.13. The summed E-state index contributed by atoms with van der Waals surface area (Å²) in [7, 11) is 0. The van der Waals surface area contributed by atoms with Gasteiger partial charge in [-0.05, 0) is 25.7 Å². The summed E-state index contributed by atoms with van der Waals surface area (Å²) < 4.78 is 0. The van der Waals surface area contributed by atoms with Crippen LogP contribution in [0.15, 0.2) is 0 Å². The molecule has 0 heterocycles. The van der Waals surface area contributed by atoms with Crippen LogP contribution in [0.4, 0.5) is 0 Å². The Morgan fingerprint density at radius 2 is 2.45 bits per heavy atom. The molecular formula is C9H16N2. The first-order valence-electron chi connectivity index (χ1n) is 4.43. The molecule has 0 spiro atoms. The largest absolute Gasteiger partial charge is 0.299 e. The fraction of sp³-hybridized carbons (Fsp3) is 0.889. The molecule has 1 rings (SSSR count). The zero-order valence-electron chi connectivity index (χ0n) is 7.30. The minimum absolute atomic E-state index is 0.0295. The summed E-state index contributed by atoms with van der Waals surface area (Å²) in [5, 5.41) is 11.8. The Kier molecular flexibility index (Phi) is 2.90. The lowest BCUT2D eigenvalue weighted by atomic mass is 10.2. The van der Waals surface area contributed by atoms with Crippen molar-refractivity contribution in [3.05, 3.63) is 0 Å². The van der Waals surface area contributed by atoms with E-state index in [1.807, 2.05) is 6.92 Å². The highest BCUT2D eigenvalue weighted by molar-refractivity contribution is 4.98. The molecule has 3 atom stereocenters. The molecule has 1 aliphatic rings. The maximum atomic E-state index is 8.52. The van der Waals surface area contributed by atoms with E-state index in [-0.39, 0.29) is 6.04 Å². The van der Waals surface area contributed by atoms with Crippen molar-refractivity contribution >= 4 is 0 Å². The lowest BCUT2D eigenvalue weighted by molar-refractivity contribution is 0.574. The van der Waals surface area contributed by atoms with E-state index in [9.17, 15) is 0 Å². The lowest BCUT2D eigenvalue weighted by Gasteiger charge is -2.03. The van der Waals surface area contributed by atoms with E-state index in [4.69, 9.17) is 5.26 Å². The molecule has 1 saturated carbocycles. The fourth-order valence-electron chi connectivity index (χ4n) is 1.50. The molecule has 0 aromatic heterocycles. The van der Waals surface area contributed by atoms with Gasteiger partial charge >= 0.3 is 0 Å². The van der Waals surface area contributed by atoms with Crippen molar-refractivity contribution in [2.45, 2.75) is 45.2 Å². The van der Waals surface area contributed by atoms with Crippen LogP contribution in [-0.2, 0) is 0 Å². The molecule has 11 heavy (non-hydrogen) atoms. The first kappa shape index (κ1) is 8.55. The Labute approximate surface area is 68.6 Å². The predicted octanol–water partition coefficient (Wildman–Crippen LogP) is 1.68. The molecule has 2 nitrogen and oxygen atoms in total. The molecule has 0 saturated heterocycles. The number of hydrogen-bond acceptors (Lipinski definition) is 2. The van der Waals surface area contributed by atoms with Crippen LogP contribution in [0.1, 0.15) is 33.1 Å². The van der Waals surface area contributed by atoms with Crippen molar-refractivity contribution < 1.29 is 0 Å². The first-order chi connectivity index (χ1) is 5.27. The Morgan fingerprint density at radius 1 is 1.73 bits per heavy atom. The highest BCUT2D eigenvalue weighted by Crippen LogP contribution is 2.34. The molecule has 0 bridgehead atoms. The second-order valence-corrected chi connectivity index (χ2v) is 3.41. The number of rotatable bonds is 4. The molecule has 0 aliphatic heterocycles. The first-order valence-corrected chi connectivity index (χ1v) is 4.43. The zero-order chi connectivity index (χ0) is 8.27. The predicted molar refractivity (Wildman–Crippen MR) is 45.0 cm³/mol. The van der Waals surface area contributed by atoms with Gasteiger partial charge in [0.25, 0.3) is 0 Å². The Bertz CT molecular complexity index is 159. The third kappa shape index (κ3) is 2.51. The van der Waals surface area contributed by atoms with Crippen LogP contribution in [0.2, 0.25) is 0 Å². The maximum Gasteiger partial charge on any atom is 0.0926 e. The van der Waals surface area contributed by atoms with Crippen molar-refractivity contribution in [1.29, 1.82) is 5.26 Å². The smallest absolute Gasteiger partial charge is 0.0926 e. The third-order valence-corrected chi connectivity index (χ3v) is 2.24. The van der Waals surface area contributed by atoms with Gasteiger partial charge in [-0.25, -0.2) is 0 Å². The van der Waals surface area contributed by atoms with E-state index in [1.54, 1.807) is 0 Å². The average Bonchev–Trinajstić information content (AvgIpc) is 2.69. The Morgan fingerprint density at radius 3 is 3.00 bits per heavy atom. The van der Waals surface area contributed by atoms with E-state index in [0.717, 1.165) is 5.92 Å². The number of nitrogens with zero attached hydrogens (tertiary/aromatic N) is 1. The van der Waals surface area contributed by atoms with Crippen molar-refractivity contribution in [1.82, 2.24) is 5.32 Å². The quantitative estimate of drug-likeness (QED) is 0.665. The van der Waals surface area contributed by atoms with Crippen LogP contribution in [0.3, 0.4) is 0 Å². The number of nitriles is 1. The maximum absolute atomic E-state index is 8.52. The van der Waals surface area contributed by atoms with Crippen LogP contribution < -0.4 is 5.32 Å². The molecule has 2 heteroatoms. The number of nitrogens with one attached hydrogen (secondary N) is 1. The van der Waals surface area contributed by atoms with Crippen molar-refractivity contribution in [3.63, 3.8) is 0 Å². The molecule has 1 aliphatic carbocycles. The van der Waals surface area contributed by atoms with E-state index in [0.29, 0.717) is 6.04 Å². The zero-order valence-corrected chi connectivity index (χ0v) is 7.30. The van der Waals surface area contributed by atoms with Crippen molar-refractivity contribution in [2.24, 2.45) is 5.92 Å². The minimum Gasteiger partial charge on any atom is -0.299 e. The van der Waals surface area contributed by atoms with Gasteiger partial charge in [0.15, 0.2) is 0 Å². The van der Waals surface area contributed by atoms with E-state index < -0.39 is 0 Å². The van der Waals surface area contributed by atoms with Crippen LogP contribution >= 0.6 is 0 Å². The van der Waals surface area contributed by atoms with E-state index >= 15 is 0 Å². The molecular weight excluding hydrogens is 136 g/mol. The number of hydrogen-bond donors (Lipinski definition) is 1. The third-order valence-electron chi connectivity index (χ3n) is 2.24. The monoisotopic (exact) mass is 152 g/mol. The van der Waals surface area contributed by atoms with Gasteiger partial charge in [-0.3, -0.25) is 5.32 Å². The minimum atomic E-state index is 0.0295. The van der Waals surface area contributed by atoms with Gasteiger partial charge in [-0.15, -0.1) is 0 Å². The molecule has 0 aromatic rings. The van der Waals surface area contributed by atoms with E-state index in [1.165, 1.54) is 19.3 Å². The summed E-state index contributed by atoms with van der Waals surface area (Å²) in [5.74, 6) is 0.857. The van der Waals surface area contributed by atoms with Gasteiger partial charge in [0.2, 0.25) is 0 Å². The van der Waals surface area contributed by atoms with Crippen LogP contribution in [0, 0.1) is 17.2 Å². The summed E-state index contributed by atoms with van der Waals surface area (Å²) in [6.07, 6.45) is 3.86. The second-order valence-electron chi connectivity index (χ2n) is 3.41. The summed E-state index contributed by atoms with van der Waals surface area (Å²) in [5.41, 5.74) is 0. The normalized spacial score (nSPS) is 31.0. The molecule has 3 unspecified atom stereocenters. The van der Waals surface area contributed by atoms with Crippen molar-refractivity contribution in [3.8, 4) is 6.07 Å². The molecule has 1 fully saturated rings. The van der Waals surface area contributed by atoms with Gasteiger partial charge in [0.05, 0.1) is 12.1 Å². The SMILES string of the molecule is CCCC1CC1NC(C)C#N. The van der Waals surface area contributed by atoms with E-state index in [2.05, 4.69) is 18.3 Å². The fourth-order valence-corrected chi connectivity index (χ4v) is 1.50. The van der Waals surface area contributed by atoms with Gasteiger partial charge in [0, 0.05) is 6.04 Å². The second kappa shape index (κ2) is 3.73. The van der Waals surface area contributed by atoms with Crippen LogP contribution in [0.5, 0.6) is 0 Å². The lowest BCUT2D eigenvalue weighted by Crippen LogP contribution is -2.27. The summed E-state index contributed by atoms with van der Waals surface area (Å²) >= 11 is 0. The molecule has 0 radical (unpaired) electrons. The van der Waals surface area contributed by atoms with Gasteiger partial charge in [-0.1, -0.05) is 13.3 Å². The van der Waals surface area contributed by atoms with Gasteiger partial charge in [-0.2, -0.15) is 5.26 Å². The molecule has 62 valence electrons. The highest BCUT2D eigenvalue weighted by Gasteiger charge is 2.36. The standard InChI is InChI=1S/C9H16N2/c1-3-4-8-5-9(8)11-7(2)6-10/h7-9,11H,3-5H2,1-2H3. The van der Waals surface area contributed by atoms with Crippen LogP contribution in [-0.4, -0.2) is 12.1 Å². The summed E-state index contributed by atoms with van der Waals surface area (Å²) in [6, 6.07) is 2.86. The Hall–Kier alpha value is -0.550. The van der Waals surface area contributed by atoms with Gasteiger partial charge in [0.1, 0.15) is 0 Å². The summed E-state index contributed by atoms with van der Waals surface area (Å²) in [4.78, 5) is 0. The topological polar surface area (TPSA) is 35.8 Å². The molecule has 1 N–H and O–H groups in total. The highest BCUT2D eigenvalue weighted by atomic mass is 15.0. The van der Waals surface area contributed by atoms with Crippen molar-refractivity contribution in [2.75, 3.05) is 0 Å².